The zero-order valence-electron chi connectivity index (χ0n) is 22.9. The molecule has 0 radical (unpaired) electrons. The van der Waals surface area contributed by atoms with Gasteiger partial charge in [-0.05, 0) is 35.6 Å². The highest BCUT2D eigenvalue weighted by atomic mass is 35.5. The van der Waals surface area contributed by atoms with Crippen molar-refractivity contribution in [3.8, 4) is 0 Å². The van der Waals surface area contributed by atoms with Crippen molar-refractivity contribution in [3.05, 3.63) is 95.0 Å². The number of Topliss-reactive ketones (excluding diaryl/α,β-unsaturated/α-hetero) is 2. The monoisotopic (exact) mass is 602 g/mol. The van der Waals surface area contributed by atoms with Crippen LogP contribution >= 0.6 is 11.6 Å². The summed E-state index contributed by atoms with van der Waals surface area (Å²) >= 11 is 6.10. The van der Waals surface area contributed by atoms with Crippen LogP contribution in [0.2, 0.25) is 5.02 Å². The second-order valence-corrected chi connectivity index (χ2v) is 10.5. The van der Waals surface area contributed by atoms with E-state index in [0.29, 0.717) is 16.1 Å². The van der Waals surface area contributed by atoms with Gasteiger partial charge in [-0.2, -0.15) is 13.2 Å². The lowest BCUT2D eigenvalue weighted by molar-refractivity contribution is -0.177. The Morgan fingerprint density at radius 3 is 2.14 bits per heavy atom. The lowest BCUT2D eigenvalue weighted by atomic mass is 9.84. The zero-order chi connectivity index (χ0) is 30.9. The molecule has 1 heterocycles. The van der Waals surface area contributed by atoms with Gasteiger partial charge in [0.1, 0.15) is 11.7 Å². The zero-order valence-corrected chi connectivity index (χ0v) is 23.7. The molecule has 42 heavy (non-hydrogen) atoms. The second-order valence-electron chi connectivity index (χ2n) is 10.1. The molecule has 0 bridgehead atoms. The van der Waals surface area contributed by atoms with Gasteiger partial charge < -0.3 is 10.6 Å². The molecule has 8 nitrogen and oxygen atoms in total. The molecular formula is C30H30ClF3N4O4. The third-order valence-corrected chi connectivity index (χ3v) is 6.81. The summed E-state index contributed by atoms with van der Waals surface area (Å²) in [7, 11) is 0. The maximum Gasteiger partial charge on any atom is 0.450 e. The van der Waals surface area contributed by atoms with Gasteiger partial charge in [-0.15, -0.1) is 0 Å². The molecule has 0 unspecified atom stereocenters. The van der Waals surface area contributed by atoms with E-state index in [-0.39, 0.29) is 18.5 Å². The van der Waals surface area contributed by atoms with Gasteiger partial charge in [-0.1, -0.05) is 67.9 Å². The van der Waals surface area contributed by atoms with Gasteiger partial charge in [-0.25, -0.2) is 4.98 Å². The molecule has 12 heteroatoms. The van der Waals surface area contributed by atoms with E-state index in [1.54, 1.807) is 54.6 Å². The summed E-state index contributed by atoms with van der Waals surface area (Å²) in [6.07, 6.45) is -2.00. The second kappa shape index (κ2) is 14.7. The molecule has 0 fully saturated rings. The van der Waals surface area contributed by atoms with Crippen molar-refractivity contribution in [2.24, 2.45) is 11.8 Å². The normalized spacial score (nSPS) is 13.6. The van der Waals surface area contributed by atoms with Gasteiger partial charge in [-0.3, -0.25) is 24.2 Å². The molecule has 222 valence electrons. The van der Waals surface area contributed by atoms with E-state index in [1.165, 1.54) is 32.4 Å². The highest BCUT2D eigenvalue weighted by Gasteiger charge is 2.45. The lowest BCUT2D eigenvalue weighted by Gasteiger charge is -2.26. The van der Waals surface area contributed by atoms with E-state index in [9.17, 15) is 32.3 Å². The van der Waals surface area contributed by atoms with Gasteiger partial charge in [0.05, 0.1) is 12.2 Å². The molecule has 0 saturated heterocycles. The summed E-state index contributed by atoms with van der Waals surface area (Å²) < 4.78 is 39.8. The number of hydrogen-bond donors (Lipinski definition) is 2. The van der Waals surface area contributed by atoms with Crippen LogP contribution in [0.25, 0.3) is 0 Å². The predicted molar refractivity (Wildman–Crippen MR) is 150 cm³/mol. The third kappa shape index (κ3) is 9.47. The summed E-state index contributed by atoms with van der Waals surface area (Å²) in [5, 5.41) is 5.61. The van der Waals surface area contributed by atoms with Crippen molar-refractivity contribution in [2.45, 2.75) is 51.4 Å². The first-order chi connectivity index (χ1) is 19.8. The van der Waals surface area contributed by atoms with Crippen molar-refractivity contribution in [3.63, 3.8) is 0 Å². The van der Waals surface area contributed by atoms with E-state index in [4.69, 9.17) is 11.6 Å². The number of benzene rings is 2. The van der Waals surface area contributed by atoms with Crippen LogP contribution in [0.1, 0.15) is 41.9 Å². The van der Waals surface area contributed by atoms with Crippen LogP contribution in [-0.2, 0) is 27.2 Å². The number of alkyl halides is 3. The fraction of sp³-hybridized carbons (Fsp3) is 0.333. The van der Waals surface area contributed by atoms with E-state index >= 15 is 0 Å². The number of rotatable bonds is 13. The number of carbonyl (C=O) groups is 4. The van der Waals surface area contributed by atoms with Crippen molar-refractivity contribution in [1.29, 1.82) is 0 Å². The standard InChI is InChI=1S/C30H30ClF3N4O4/c1-18(2)22(27(40)30(32,33)34)16-26(39)23(14-19-7-4-3-5-8-19)37-28(41)24(15-20-9-6-10-21(31)13-20)38-29(42)25-17-35-11-12-36-25/h3-13,17-18,22-24H,14-16H2,1-2H3,(H,37,41)(H,38,42)/t22-,23-,24-/m0/s1. The van der Waals surface area contributed by atoms with E-state index in [0.717, 1.165) is 0 Å². The SMILES string of the molecule is CC(C)[C@H](CC(=O)[C@H](Cc1ccccc1)NC(=O)[C@H](Cc1cccc(Cl)c1)NC(=O)c1cnccn1)C(=O)C(F)(F)F. The Bertz CT molecular complexity index is 1390. The fourth-order valence-corrected chi connectivity index (χ4v) is 4.54. The summed E-state index contributed by atoms with van der Waals surface area (Å²) in [6.45, 7) is 2.85. The van der Waals surface area contributed by atoms with E-state index < -0.39 is 59.9 Å². The largest absolute Gasteiger partial charge is 0.450 e. The minimum atomic E-state index is -5.11. The molecule has 0 aliphatic heterocycles. The smallest absolute Gasteiger partial charge is 0.344 e. The Morgan fingerprint density at radius 1 is 0.881 bits per heavy atom. The molecule has 0 aliphatic rings. The van der Waals surface area contributed by atoms with Crippen LogP contribution in [-0.4, -0.2) is 51.6 Å². The number of nitrogens with zero attached hydrogens (tertiary/aromatic N) is 2. The predicted octanol–water partition coefficient (Wildman–Crippen LogP) is 4.56. The van der Waals surface area contributed by atoms with Gasteiger partial charge in [0.2, 0.25) is 11.7 Å². The topological polar surface area (TPSA) is 118 Å². The van der Waals surface area contributed by atoms with Crippen LogP contribution in [0.15, 0.2) is 73.2 Å². The Kier molecular flexibility index (Phi) is 11.3. The van der Waals surface area contributed by atoms with Gasteiger partial charge in [0.15, 0.2) is 5.78 Å². The number of hydrogen-bond acceptors (Lipinski definition) is 6. The molecule has 3 atom stereocenters. The Balaban J connectivity index is 1.90. The van der Waals surface area contributed by atoms with Crippen LogP contribution in [0.3, 0.4) is 0 Å². The van der Waals surface area contributed by atoms with Gasteiger partial charge in [0, 0.05) is 36.2 Å². The highest BCUT2D eigenvalue weighted by Crippen LogP contribution is 2.28. The van der Waals surface area contributed by atoms with Crippen LogP contribution in [0.4, 0.5) is 13.2 Å². The minimum Gasteiger partial charge on any atom is -0.344 e. The van der Waals surface area contributed by atoms with Crippen LogP contribution in [0.5, 0.6) is 0 Å². The highest BCUT2D eigenvalue weighted by molar-refractivity contribution is 6.30. The third-order valence-electron chi connectivity index (χ3n) is 6.58. The van der Waals surface area contributed by atoms with Crippen molar-refractivity contribution in [1.82, 2.24) is 20.6 Å². The molecule has 0 saturated carbocycles. The molecule has 1 aromatic heterocycles. The first-order valence-electron chi connectivity index (χ1n) is 13.1. The van der Waals surface area contributed by atoms with Crippen LogP contribution < -0.4 is 10.6 Å². The quantitative estimate of drug-likeness (QED) is 0.296. The van der Waals surface area contributed by atoms with Crippen molar-refractivity contribution in [2.75, 3.05) is 0 Å². The molecule has 3 aromatic rings. The maximum absolute atomic E-state index is 13.6. The average Bonchev–Trinajstić information content (AvgIpc) is 2.95. The Labute approximate surface area is 246 Å². The van der Waals surface area contributed by atoms with Crippen molar-refractivity contribution >= 4 is 35.0 Å². The molecule has 2 amide bonds. The fourth-order valence-electron chi connectivity index (χ4n) is 4.33. The lowest BCUT2D eigenvalue weighted by Crippen LogP contribution is -2.53. The summed E-state index contributed by atoms with van der Waals surface area (Å²) in [5.74, 6) is -6.60. The number of nitrogens with one attached hydrogen (secondary N) is 2. The van der Waals surface area contributed by atoms with Gasteiger partial charge in [0.25, 0.3) is 5.91 Å². The van der Waals surface area contributed by atoms with E-state index in [1.807, 2.05) is 0 Å². The van der Waals surface area contributed by atoms with Crippen molar-refractivity contribution < 1.29 is 32.3 Å². The van der Waals surface area contributed by atoms with E-state index in [2.05, 4.69) is 20.6 Å². The first-order valence-corrected chi connectivity index (χ1v) is 13.5. The summed E-state index contributed by atoms with van der Waals surface area (Å²) in [6, 6.07) is 12.7. The summed E-state index contributed by atoms with van der Waals surface area (Å²) in [4.78, 5) is 59.8. The van der Waals surface area contributed by atoms with Crippen LogP contribution in [0, 0.1) is 11.8 Å². The number of halogens is 4. The molecule has 2 aromatic carbocycles. The number of carbonyl (C=O) groups excluding carboxylic acids is 4. The average molecular weight is 603 g/mol. The summed E-state index contributed by atoms with van der Waals surface area (Å²) in [5.41, 5.74) is 1.18. The number of ketones is 2. The maximum atomic E-state index is 13.6. The number of aromatic nitrogens is 2. The number of amides is 2. The Morgan fingerprint density at radius 2 is 1.55 bits per heavy atom. The minimum absolute atomic E-state index is 0.0220. The van der Waals surface area contributed by atoms with Gasteiger partial charge >= 0.3 is 6.18 Å². The molecule has 0 aliphatic carbocycles. The molecule has 2 N–H and O–H groups in total. The molecular weight excluding hydrogens is 573 g/mol. The Hall–Kier alpha value is -4.12. The first kappa shape index (κ1) is 32.4. The molecule has 0 spiro atoms. The molecule has 3 rings (SSSR count).